The molecule has 0 saturated carbocycles. The second kappa shape index (κ2) is 6.23. The Kier molecular flexibility index (Phi) is 5.26. The minimum Gasteiger partial charge on any atom is -0.314 e. The summed E-state index contributed by atoms with van der Waals surface area (Å²) in [6, 6.07) is 2.67. The molecule has 0 amide bonds. The van der Waals surface area contributed by atoms with Crippen molar-refractivity contribution in [2.75, 3.05) is 6.54 Å². The van der Waals surface area contributed by atoms with Crippen LogP contribution in [-0.4, -0.2) is 17.6 Å². The summed E-state index contributed by atoms with van der Waals surface area (Å²) in [4.78, 5) is 4.46. The molecule has 0 aliphatic rings. The van der Waals surface area contributed by atoms with Crippen LogP contribution in [0.2, 0.25) is 0 Å². The van der Waals surface area contributed by atoms with Crippen molar-refractivity contribution >= 4 is 15.9 Å². The summed E-state index contributed by atoms with van der Waals surface area (Å²) < 4.78 is 1.06. The molecule has 0 fully saturated rings. The van der Waals surface area contributed by atoms with E-state index in [9.17, 15) is 0 Å². The third kappa shape index (κ3) is 3.92. The number of nitrogens with one attached hydrogen (secondary N) is 1. The lowest BCUT2D eigenvalue weighted by atomic mass is 10.1. The molecule has 0 aliphatic heterocycles. The number of aromatic nitrogens is 1. The standard InChI is InChI=1S/C12H19BrN2/c1-4-11(14-5-2)7-12-9(3)6-10(13)8-15-12/h6,8,11,14H,4-5,7H2,1-3H3. The van der Waals surface area contributed by atoms with Crippen LogP contribution in [0.5, 0.6) is 0 Å². The van der Waals surface area contributed by atoms with Crippen molar-refractivity contribution in [3.8, 4) is 0 Å². The van der Waals surface area contributed by atoms with Gasteiger partial charge in [0.05, 0.1) is 0 Å². The molecule has 0 radical (unpaired) electrons. The fraction of sp³-hybridized carbons (Fsp3) is 0.583. The summed E-state index contributed by atoms with van der Waals surface area (Å²) in [7, 11) is 0. The Morgan fingerprint density at radius 2 is 2.20 bits per heavy atom. The van der Waals surface area contributed by atoms with Crippen LogP contribution in [0.1, 0.15) is 31.5 Å². The SMILES string of the molecule is CCNC(CC)Cc1ncc(Br)cc1C. The lowest BCUT2D eigenvalue weighted by Crippen LogP contribution is -2.30. The first kappa shape index (κ1) is 12.7. The Balaban J connectivity index is 2.70. The van der Waals surface area contributed by atoms with Crippen molar-refractivity contribution in [3.63, 3.8) is 0 Å². The predicted molar refractivity (Wildman–Crippen MR) is 68.1 cm³/mol. The van der Waals surface area contributed by atoms with Crippen molar-refractivity contribution in [2.45, 2.75) is 39.7 Å². The molecule has 0 aliphatic carbocycles. The molecule has 1 rings (SSSR count). The summed E-state index contributed by atoms with van der Waals surface area (Å²) >= 11 is 3.43. The Morgan fingerprint density at radius 3 is 2.73 bits per heavy atom. The number of pyridine rings is 1. The van der Waals surface area contributed by atoms with Gasteiger partial charge in [-0.05, 0) is 47.4 Å². The lowest BCUT2D eigenvalue weighted by Gasteiger charge is -2.16. The molecule has 2 nitrogen and oxygen atoms in total. The highest BCUT2D eigenvalue weighted by molar-refractivity contribution is 9.10. The normalized spacial score (nSPS) is 12.8. The van der Waals surface area contributed by atoms with E-state index in [2.05, 4.69) is 53.1 Å². The summed E-state index contributed by atoms with van der Waals surface area (Å²) in [6.45, 7) is 7.49. The van der Waals surface area contributed by atoms with Crippen molar-refractivity contribution in [1.29, 1.82) is 0 Å². The molecule has 1 unspecified atom stereocenters. The minimum atomic E-state index is 0.544. The first-order chi connectivity index (χ1) is 7.17. The highest BCUT2D eigenvalue weighted by Gasteiger charge is 2.08. The summed E-state index contributed by atoms with van der Waals surface area (Å²) in [5, 5.41) is 3.47. The van der Waals surface area contributed by atoms with Crippen LogP contribution in [-0.2, 0) is 6.42 Å². The van der Waals surface area contributed by atoms with Crippen molar-refractivity contribution in [3.05, 3.63) is 28.0 Å². The van der Waals surface area contributed by atoms with Gasteiger partial charge in [0, 0.05) is 28.8 Å². The van der Waals surface area contributed by atoms with Gasteiger partial charge in [0.15, 0.2) is 0 Å². The van der Waals surface area contributed by atoms with E-state index < -0.39 is 0 Å². The zero-order valence-corrected chi connectivity index (χ0v) is 11.3. The van der Waals surface area contributed by atoms with Gasteiger partial charge < -0.3 is 5.32 Å². The molecule has 1 aromatic rings. The second-order valence-corrected chi connectivity index (χ2v) is 4.70. The Morgan fingerprint density at radius 1 is 1.47 bits per heavy atom. The fourth-order valence-corrected chi connectivity index (χ4v) is 2.11. The Labute approximate surface area is 101 Å². The first-order valence-electron chi connectivity index (χ1n) is 5.51. The largest absolute Gasteiger partial charge is 0.314 e. The van der Waals surface area contributed by atoms with E-state index in [0.29, 0.717) is 6.04 Å². The number of nitrogens with zero attached hydrogens (tertiary/aromatic N) is 1. The van der Waals surface area contributed by atoms with Gasteiger partial charge in [0.2, 0.25) is 0 Å². The average molecular weight is 271 g/mol. The van der Waals surface area contributed by atoms with Gasteiger partial charge in [0.1, 0.15) is 0 Å². The maximum atomic E-state index is 4.46. The molecule has 1 N–H and O–H groups in total. The number of rotatable bonds is 5. The molecule has 0 saturated heterocycles. The number of likely N-dealkylation sites (N-methyl/N-ethyl adjacent to an activating group) is 1. The smallest absolute Gasteiger partial charge is 0.0449 e. The van der Waals surface area contributed by atoms with E-state index in [4.69, 9.17) is 0 Å². The molecular formula is C12H19BrN2. The van der Waals surface area contributed by atoms with E-state index in [1.165, 1.54) is 11.3 Å². The first-order valence-corrected chi connectivity index (χ1v) is 6.31. The van der Waals surface area contributed by atoms with Crippen LogP contribution in [0.15, 0.2) is 16.7 Å². The Bertz CT molecular complexity index is 312. The monoisotopic (exact) mass is 270 g/mol. The molecule has 15 heavy (non-hydrogen) atoms. The molecule has 0 bridgehead atoms. The molecule has 0 aromatic carbocycles. The Hall–Kier alpha value is -0.410. The fourth-order valence-electron chi connectivity index (χ4n) is 1.67. The van der Waals surface area contributed by atoms with Gasteiger partial charge in [-0.1, -0.05) is 13.8 Å². The predicted octanol–water partition coefficient (Wildman–Crippen LogP) is 3.08. The van der Waals surface area contributed by atoms with Gasteiger partial charge in [0.25, 0.3) is 0 Å². The average Bonchev–Trinajstić information content (AvgIpc) is 2.21. The van der Waals surface area contributed by atoms with Crippen LogP contribution in [0.25, 0.3) is 0 Å². The number of hydrogen-bond acceptors (Lipinski definition) is 2. The van der Waals surface area contributed by atoms with Crippen molar-refractivity contribution in [2.24, 2.45) is 0 Å². The quantitative estimate of drug-likeness (QED) is 0.890. The van der Waals surface area contributed by atoms with Crippen LogP contribution < -0.4 is 5.32 Å². The van der Waals surface area contributed by atoms with Crippen molar-refractivity contribution in [1.82, 2.24) is 10.3 Å². The second-order valence-electron chi connectivity index (χ2n) is 3.78. The third-order valence-corrected chi connectivity index (χ3v) is 3.01. The lowest BCUT2D eigenvalue weighted by molar-refractivity contribution is 0.504. The molecule has 84 valence electrons. The number of aryl methyl sites for hydroxylation is 1. The van der Waals surface area contributed by atoms with Crippen LogP contribution in [0.4, 0.5) is 0 Å². The summed E-state index contributed by atoms with van der Waals surface area (Å²) in [6.07, 6.45) is 4.04. The highest BCUT2D eigenvalue weighted by atomic mass is 79.9. The van der Waals surface area contributed by atoms with E-state index in [-0.39, 0.29) is 0 Å². The number of hydrogen-bond donors (Lipinski definition) is 1. The van der Waals surface area contributed by atoms with Crippen LogP contribution in [0.3, 0.4) is 0 Å². The number of halogens is 1. The minimum absolute atomic E-state index is 0.544. The maximum Gasteiger partial charge on any atom is 0.0449 e. The van der Waals surface area contributed by atoms with E-state index in [1.54, 1.807) is 0 Å². The van der Waals surface area contributed by atoms with Crippen molar-refractivity contribution < 1.29 is 0 Å². The summed E-state index contributed by atoms with van der Waals surface area (Å²) in [5.74, 6) is 0. The molecule has 1 atom stereocenters. The third-order valence-electron chi connectivity index (χ3n) is 2.58. The van der Waals surface area contributed by atoms with E-state index >= 15 is 0 Å². The van der Waals surface area contributed by atoms with Gasteiger partial charge in [-0.3, -0.25) is 4.98 Å². The van der Waals surface area contributed by atoms with E-state index in [0.717, 1.165) is 23.9 Å². The zero-order chi connectivity index (χ0) is 11.3. The van der Waals surface area contributed by atoms with E-state index in [1.807, 2.05) is 6.20 Å². The summed E-state index contributed by atoms with van der Waals surface area (Å²) in [5.41, 5.74) is 2.46. The van der Waals surface area contributed by atoms with Crippen LogP contribution in [0, 0.1) is 6.92 Å². The molecule has 3 heteroatoms. The van der Waals surface area contributed by atoms with Gasteiger partial charge >= 0.3 is 0 Å². The van der Waals surface area contributed by atoms with Crippen LogP contribution >= 0.6 is 15.9 Å². The molecular weight excluding hydrogens is 252 g/mol. The van der Waals surface area contributed by atoms with Gasteiger partial charge in [-0.25, -0.2) is 0 Å². The highest BCUT2D eigenvalue weighted by Crippen LogP contribution is 2.14. The van der Waals surface area contributed by atoms with Gasteiger partial charge in [-0.15, -0.1) is 0 Å². The molecule has 1 heterocycles. The molecule has 1 aromatic heterocycles. The topological polar surface area (TPSA) is 24.9 Å². The molecule has 0 spiro atoms. The maximum absolute atomic E-state index is 4.46. The van der Waals surface area contributed by atoms with Gasteiger partial charge in [-0.2, -0.15) is 0 Å². The zero-order valence-electron chi connectivity index (χ0n) is 9.68.